The molecule has 2 aliphatic heterocycles. The number of aromatic hydroxyl groups is 1. The van der Waals surface area contributed by atoms with Crippen LogP contribution in [0.15, 0.2) is 54.6 Å². The molecule has 0 radical (unpaired) electrons. The minimum absolute atomic E-state index is 0.0127. The third-order valence-electron chi connectivity index (χ3n) is 10.3. The number of phenolic OH excluding ortho intramolecular Hbond substituents is 1. The summed E-state index contributed by atoms with van der Waals surface area (Å²) < 4.78 is 10.3. The summed E-state index contributed by atoms with van der Waals surface area (Å²) in [5.41, 5.74) is 12.6. The molecule has 45 heavy (non-hydrogen) atoms. The lowest BCUT2D eigenvalue weighted by molar-refractivity contribution is 0.0261. The van der Waals surface area contributed by atoms with Crippen LogP contribution in [0.2, 0.25) is 0 Å². The number of piperidine rings is 2. The number of carbonyl (C=O) groups excluding carboxylic acids is 1. The Bertz CT molecular complexity index is 2050. The first-order chi connectivity index (χ1) is 21.8. The van der Waals surface area contributed by atoms with E-state index in [0.29, 0.717) is 40.8 Å². The van der Waals surface area contributed by atoms with Crippen LogP contribution in [-0.2, 0) is 13.6 Å². The van der Waals surface area contributed by atoms with Crippen LogP contribution in [-0.4, -0.2) is 55.8 Å². The topological polar surface area (TPSA) is 122 Å². The second kappa shape index (κ2) is 10.4. The number of nitriles is 1. The Morgan fingerprint density at radius 2 is 1.93 bits per heavy atom. The van der Waals surface area contributed by atoms with Crippen molar-refractivity contribution in [3.8, 4) is 40.2 Å². The highest BCUT2D eigenvalue weighted by Crippen LogP contribution is 2.42. The van der Waals surface area contributed by atoms with Gasteiger partial charge in [-0.2, -0.15) is 5.26 Å². The van der Waals surface area contributed by atoms with Crippen LogP contribution in [0, 0.1) is 23.2 Å². The fraction of sp³-hybridized carbons (Fsp3) is 0.361. The average molecular weight is 601 g/mol. The van der Waals surface area contributed by atoms with Gasteiger partial charge in [-0.25, -0.2) is 4.98 Å². The molecule has 2 saturated heterocycles. The number of phenols is 1. The number of nitrogens with two attached hydrogens (primary N) is 1. The molecule has 9 rings (SSSR count). The highest BCUT2D eigenvalue weighted by atomic mass is 16.5. The molecule has 3 N–H and O–H groups in total. The number of amides is 1. The smallest absolute Gasteiger partial charge is 0.254 e. The molecular formula is C36H36N6O3. The number of hydrogen-bond acceptors (Lipinski definition) is 6. The zero-order valence-corrected chi connectivity index (χ0v) is 25.5. The largest absolute Gasteiger partial charge is 0.508 e. The van der Waals surface area contributed by atoms with Crippen molar-refractivity contribution in [2.75, 3.05) is 13.7 Å². The predicted molar refractivity (Wildman–Crippen MR) is 173 cm³/mol. The molecule has 2 bridgehead atoms. The Morgan fingerprint density at radius 1 is 1.09 bits per heavy atom. The summed E-state index contributed by atoms with van der Waals surface area (Å²) in [5, 5.41) is 21.0. The summed E-state index contributed by atoms with van der Waals surface area (Å²) in [6, 6.07) is 19.6. The molecule has 4 aliphatic rings. The summed E-state index contributed by atoms with van der Waals surface area (Å²) in [6.07, 6.45) is 5.30. The van der Waals surface area contributed by atoms with Gasteiger partial charge in [-0.3, -0.25) is 4.79 Å². The molecule has 9 nitrogen and oxygen atoms in total. The van der Waals surface area contributed by atoms with E-state index in [1.54, 1.807) is 13.2 Å². The molecule has 5 aromatic rings. The molecule has 9 heteroatoms. The maximum absolute atomic E-state index is 13.9. The lowest BCUT2D eigenvalue weighted by Gasteiger charge is -2.48. The van der Waals surface area contributed by atoms with Gasteiger partial charge >= 0.3 is 0 Å². The second-order valence-electron chi connectivity index (χ2n) is 13.1. The third-order valence-corrected chi connectivity index (χ3v) is 10.3. The molecule has 228 valence electrons. The maximum Gasteiger partial charge on any atom is 0.254 e. The molecule has 4 fully saturated rings. The molecule has 3 aromatic carbocycles. The van der Waals surface area contributed by atoms with Crippen LogP contribution in [0.5, 0.6) is 11.5 Å². The van der Waals surface area contributed by atoms with Gasteiger partial charge in [0.15, 0.2) is 5.82 Å². The fourth-order valence-corrected chi connectivity index (χ4v) is 7.72. The van der Waals surface area contributed by atoms with Crippen molar-refractivity contribution in [2.24, 2.45) is 24.6 Å². The Hall–Kier alpha value is -4.81. The number of imidazole rings is 1. The molecule has 3 atom stereocenters. The molecule has 4 heterocycles. The van der Waals surface area contributed by atoms with E-state index in [-0.39, 0.29) is 23.7 Å². The summed E-state index contributed by atoms with van der Waals surface area (Å²) >= 11 is 0. The fourth-order valence-electron chi connectivity index (χ4n) is 7.72. The number of fused-ring (bicyclic) bond motifs is 5. The summed E-state index contributed by atoms with van der Waals surface area (Å²) in [6.45, 7) is 1.54. The van der Waals surface area contributed by atoms with E-state index in [0.717, 1.165) is 64.9 Å². The van der Waals surface area contributed by atoms with Crippen LogP contribution in [0.4, 0.5) is 0 Å². The van der Waals surface area contributed by atoms with E-state index in [9.17, 15) is 15.2 Å². The van der Waals surface area contributed by atoms with Gasteiger partial charge in [0, 0.05) is 54.3 Å². The van der Waals surface area contributed by atoms with Crippen molar-refractivity contribution in [1.29, 1.82) is 5.26 Å². The van der Waals surface area contributed by atoms with Gasteiger partial charge in [0.05, 0.1) is 35.5 Å². The summed E-state index contributed by atoms with van der Waals surface area (Å²) in [4.78, 5) is 21.0. The monoisotopic (exact) mass is 600 g/mol. The molecule has 1 amide bonds. The van der Waals surface area contributed by atoms with Crippen molar-refractivity contribution in [3.05, 3.63) is 65.7 Å². The number of ether oxygens (including phenoxy) is 1. The molecule has 2 aromatic heterocycles. The van der Waals surface area contributed by atoms with E-state index in [2.05, 4.69) is 27.3 Å². The number of benzene rings is 3. The summed E-state index contributed by atoms with van der Waals surface area (Å²) in [7, 11) is 3.63. The van der Waals surface area contributed by atoms with Gasteiger partial charge in [-0.1, -0.05) is 18.2 Å². The first-order valence-corrected chi connectivity index (χ1v) is 15.8. The quantitative estimate of drug-likeness (QED) is 0.254. The van der Waals surface area contributed by atoms with Gasteiger partial charge in [0.25, 0.3) is 5.91 Å². The molecule has 2 aliphatic carbocycles. The molecule has 0 unspecified atom stereocenters. The Labute approximate surface area is 261 Å². The maximum atomic E-state index is 13.9. The van der Waals surface area contributed by atoms with Crippen LogP contribution in [0.1, 0.15) is 48.0 Å². The zero-order chi connectivity index (χ0) is 31.0. The van der Waals surface area contributed by atoms with Gasteiger partial charge in [-0.15, -0.1) is 0 Å². The highest BCUT2D eigenvalue weighted by molar-refractivity contribution is 6.02. The highest BCUT2D eigenvalue weighted by Gasteiger charge is 2.41. The van der Waals surface area contributed by atoms with E-state index >= 15 is 0 Å². The van der Waals surface area contributed by atoms with Crippen molar-refractivity contribution >= 4 is 27.8 Å². The minimum Gasteiger partial charge on any atom is -0.508 e. The van der Waals surface area contributed by atoms with Crippen LogP contribution < -0.4 is 10.5 Å². The van der Waals surface area contributed by atoms with Crippen molar-refractivity contribution in [1.82, 2.24) is 19.0 Å². The number of aromatic nitrogens is 3. The van der Waals surface area contributed by atoms with Crippen LogP contribution in [0.3, 0.4) is 0 Å². The minimum atomic E-state index is 0.0127. The third kappa shape index (κ3) is 4.46. The van der Waals surface area contributed by atoms with Gasteiger partial charge in [0.1, 0.15) is 17.0 Å². The second-order valence-corrected chi connectivity index (χ2v) is 13.1. The van der Waals surface area contributed by atoms with Crippen molar-refractivity contribution in [3.63, 3.8) is 0 Å². The van der Waals surface area contributed by atoms with Gasteiger partial charge in [-0.05, 0) is 80.3 Å². The molecule has 0 spiro atoms. The van der Waals surface area contributed by atoms with Gasteiger partial charge in [0.2, 0.25) is 0 Å². The summed E-state index contributed by atoms with van der Waals surface area (Å²) in [5.74, 6) is 2.41. The lowest BCUT2D eigenvalue weighted by atomic mass is 9.76. The Kier molecular flexibility index (Phi) is 6.40. The predicted octanol–water partition coefficient (Wildman–Crippen LogP) is 5.81. The van der Waals surface area contributed by atoms with E-state index < -0.39 is 0 Å². The molecule has 2 saturated carbocycles. The van der Waals surface area contributed by atoms with E-state index in [1.807, 2.05) is 42.3 Å². The number of rotatable bonds is 6. The zero-order valence-electron chi connectivity index (χ0n) is 25.5. The normalized spacial score (nSPS) is 21.0. The number of methoxy groups -OCH3 is 1. The van der Waals surface area contributed by atoms with E-state index in [1.165, 1.54) is 18.9 Å². The van der Waals surface area contributed by atoms with Crippen LogP contribution in [0.25, 0.3) is 44.6 Å². The average Bonchev–Trinajstić information content (AvgIpc) is 3.72. The first-order valence-electron chi connectivity index (χ1n) is 15.8. The lowest BCUT2D eigenvalue weighted by Crippen LogP contribution is -2.58. The molecular weight excluding hydrogens is 564 g/mol. The SMILES string of the molecule is COc1cc(C(=O)N2C[C@H]3CC[C@@H]2C[C@@H]3N)cc2nc(-c3cc4cccc(-c5ccc(O)cc5C#N)c4n3CC3CC3)n(C)c12. The first kappa shape index (κ1) is 27.7. The van der Waals surface area contributed by atoms with Crippen molar-refractivity contribution in [2.45, 2.75) is 50.7 Å². The Morgan fingerprint density at radius 3 is 2.64 bits per heavy atom. The number of carbonyl (C=O) groups is 1. The van der Waals surface area contributed by atoms with Crippen molar-refractivity contribution < 1.29 is 14.6 Å². The van der Waals surface area contributed by atoms with Gasteiger partial charge < -0.3 is 29.6 Å². The standard InChI is InChI=1S/C36H36N6O3/c1-40-34-30(13-23(15-32(34)45-2)36(44)41-19-22-8-9-25(41)16-29(22)38)39-35(40)31-14-21-4-3-5-28(33(21)42(31)18-20-6-7-20)27-11-10-26(43)12-24(27)17-37/h3-5,10-15,20,22,25,29,43H,6-9,16,18-19,38H2,1-2H3/t22-,25-,29+/m1/s1. The number of para-hydroxylation sites is 1. The number of aryl methyl sites for hydroxylation is 1. The Balaban J connectivity index is 1.28. The number of nitrogens with zero attached hydrogens (tertiary/aromatic N) is 5. The van der Waals surface area contributed by atoms with Crippen LogP contribution >= 0.6 is 0 Å². The number of hydrogen-bond donors (Lipinski definition) is 2. The van der Waals surface area contributed by atoms with E-state index in [4.69, 9.17) is 15.5 Å².